The average molecular weight is 410 g/mol. The fourth-order valence-corrected chi connectivity index (χ4v) is 3.41. The van der Waals surface area contributed by atoms with Gasteiger partial charge in [-0.2, -0.15) is 5.10 Å². The molecule has 2 N–H and O–H groups in total. The van der Waals surface area contributed by atoms with Crippen molar-refractivity contribution in [3.05, 3.63) is 53.6 Å². The summed E-state index contributed by atoms with van der Waals surface area (Å²) in [6.07, 6.45) is 1.57. The molecule has 8 heteroatoms. The number of hydrogen-bond acceptors (Lipinski definition) is 5. The smallest absolute Gasteiger partial charge is 0.319 e. The van der Waals surface area contributed by atoms with Crippen LogP contribution >= 0.6 is 0 Å². The van der Waals surface area contributed by atoms with Crippen molar-refractivity contribution >= 4 is 23.3 Å². The number of carbonyl (C=O) groups is 2. The number of hydrazone groups is 1. The van der Waals surface area contributed by atoms with Crippen molar-refractivity contribution in [2.45, 2.75) is 19.8 Å². The molecule has 0 aliphatic carbocycles. The Hall–Kier alpha value is -3.55. The van der Waals surface area contributed by atoms with Crippen LogP contribution in [0.4, 0.5) is 10.5 Å². The van der Waals surface area contributed by atoms with Gasteiger partial charge in [-0.15, -0.1) is 0 Å². The predicted octanol–water partition coefficient (Wildman–Crippen LogP) is 3.25. The Labute approximate surface area is 175 Å². The summed E-state index contributed by atoms with van der Waals surface area (Å²) in [6.45, 7) is 2.83. The highest BCUT2D eigenvalue weighted by Gasteiger charge is 2.22. The standard InChI is InChI=1S/C22H26N4O4/c1-4-25(22(23)28)17-10-7-15(8-11-17)21(27)26-13-5-6-18(24-26)16-9-12-19(29-2)20(14-16)30-3/h7-12,14H,4-6,13H2,1-3H3,(H2,23,28). The van der Waals surface area contributed by atoms with Crippen molar-refractivity contribution in [1.82, 2.24) is 5.01 Å². The monoisotopic (exact) mass is 410 g/mol. The Balaban J connectivity index is 1.82. The molecule has 1 aliphatic rings. The lowest BCUT2D eigenvalue weighted by Crippen LogP contribution is -2.35. The predicted molar refractivity (Wildman–Crippen MR) is 115 cm³/mol. The highest BCUT2D eigenvalue weighted by Crippen LogP contribution is 2.29. The summed E-state index contributed by atoms with van der Waals surface area (Å²) >= 11 is 0. The summed E-state index contributed by atoms with van der Waals surface area (Å²) in [6, 6.07) is 11.9. The minimum absolute atomic E-state index is 0.193. The highest BCUT2D eigenvalue weighted by atomic mass is 16.5. The molecule has 1 aliphatic heterocycles. The van der Waals surface area contributed by atoms with Crippen LogP contribution in [0.3, 0.4) is 0 Å². The van der Waals surface area contributed by atoms with Gasteiger partial charge in [-0.3, -0.25) is 9.69 Å². The molecule has 2 aromatic rings. The van der Waals surface area contributed by atoms with E-state index in [2.05, 4.69) is 5.10 Å². The molecule has 0 bridgehead atoms. The minimum Gasteiger partial charge on any atom is -0.493 e. The number of carbonyl (C=O) groups excluding carboxylic acids is 2. The lowest BCUT2D eigenvalue weighted by molar-refractivity contribution is 0.0751. The van der Waals surface area contributed by atoms with Crippen LogP contribution in [0, 0.1) is 0 Å². The van der Waals surface area contributed by atoms with Gasteiger partial charge in [0.05, 0.1) is 19.9 Å². The summed E-state index contributed by atoms with van der Waals surface area (Å²) in [5.74, 6) is 1.07. The number of rotatable bonds is 6. The van der Waals surface area contributed by atoms with Crippen LogP contribution in [0.2, 0.25) is 0 Å². The van der Waals surface area contributed by atoms with Gasteiger partial charge in [-0.05, 0) is 62.2 Å². The van der Waals surface area contributed by atoms with Crippen LogP contribution in [0.1, 0.15) is 35.7 Å². The Morgan fingerprint density at radius 1 is 1.10 bits per heavy atom. The highest BCUT2D eigenvalue weighted by molar-refractivity contribution is 6.03. The molecule has 0 fully saturated rings. The summed E-state index contributed by atoms with van der Waals surface area (Å²) < 4.78 is 10.7. The third-order valence-electron chi connectivity index (χ3n) is 4.98. The zero-order chi connectivity index (χ0) is 21.7. The second kappa shape index (κ2) is 9.30. The van der Waals surface area contributed by atoms with Crippen LogP contribution in [-0.2, 0) is 0 Å². The minimum atomic E-state index is -0.531. The summed E-state index contributed by atoms with van der Waals surface area (Å²) in [5.41, 5.74) is 8.23. The molecule has 3 amide bonds. The Morgan fingerprint density at radius 3 is 2.40 bits per heavy atom. The second-order valence-electron chi connectivity index (χ2n) is 6.78. The fourth-order valence-electron chi connectivity index (χ4n) is 3.41. The van der Waals surface area contributed by atoms with Crippen molar-refractivity contribution in [1.29, 1.82) is 0 Å². The zero-order valence-electron chi connectivity index (χ0n) is 17.4. The first-order valence-corrected chi connectivity index (χ1v) is 9.77. The third-order valence-corrected chi connectivity index (χ3v) is 4.98. The number of benzene rings is 2. The van der Waals surface area contributed by atoms with Crippen molar-refractivity contribution in [3.8, 4) is 11.5 Å². The molecular weight excluding hydrogens is 384 g/mol. The largest absolute Gasteiger partial charge is 0.493 e. The van der Waals surface area contributed by atoms with E-state index < -0.39 is 6.03 Å². The second-order valence-corrected chi connectivity index (χ2v) is 6.78. The number of amides is 3. The van der Waals surface area contributed by atoms with Crippen LogP contribution in [0.15, 0.2) is 47.6 Å². The maximum absolute atomic E-state index is 13.0. The van der Waals surface area contributed by atoms with Gasteiger partial charge in [0.1, 0.15) is 0 Å². The molecule has 8 nitrogen and oxygen atoms in total. The number of nitrogens with two attached hydrogens (primary N) is 1. The number of methoxy groups -OCH3 is 2. The maximum atomic E-state index is 13.0. The molecule has 2 aromatic carbocycles. The molecular formula is C22H26N4O4. The normalized spacial score (nSPS) is 13.4. The van der Waals surface area contributed by atoms with Crippen molar-refractivity contribution < 1.29 is 19.1 Å². The molecule has 0 saturated carbocycles. The van der Waals surface area contributed by atoms with Gasteiger partial charge >= 0.3 is 6.03 Å². The van der Waals surface area contributed by atoms with Gasteiger partial charge in [0, 0.05) is 29.9 Å². The summed E-state index contributed by atoms with van der Waals surface area (Å²) in [4.78, 5) is 25.9. The SMILES string of the molecule is CCN(C(N)=O)c1ccc(C(=O)N2CCCC(c3ccc(OC)c(OC)c3)=N2)cc1. The van der Waals surface area contributed by atoms with Gasteiger partial charge in [0.15, 0.2) is 11.5 Å². The van der Waals surface area contributed by atoms with Crippen LogP contribution in [-0.4, -0.2) is 50.0 Å². The van der Waals surface area contributed by atoms with Crippen molar-refractivity contribution in [3.63, 3.8) is 0 Å². The maximum Gasteiger partial charge on any atom is 0.319 e. The quantitative estimate of drug-likeness (QED) is 0.790. The molecule has 0 spiro atoms. The van der Waals surface area contributed by atoms with Gasteiger partial charge in [0.25, 0.3) is 5.91 Å². The number of anilines is 1. The summed E-state index contributed by atoms with van der Waals surface area (Å²) in [7, 11) is 3.17. The molecule has 0 atom stereocenters. The van der Waals surface area contributed by atoms with E-state index in [0.29, 0.717) is 35.8 Å². The molecule has 3 rings (SSSR count). The fraction of sp³-hybridized carbons (Fsp3) is 0.318. The first kappa shape index (κ1) is 21.2. The molecule has 158 valence electrons. The molecule has 0 aromatic heterocycles. The van der Waals surface area contributed by atoms with E-state index in [1.807, 2.05) is 25.1 Å². The number of hydrogen-bond donors (Lipinski definition) is 1. The lowest BCUT2D eigenvalue weighted by atomic mass is 10.0. The van der Waals surface area contributed by atoms with E-state index in [9.17, 15) is 9.59 Å². The van der Waals surface area contributed by atoms with Crippen LogP contribution in [0.25, 0.3) is 0 Å². The lowest BCUT2D eigenvalue weighted by Gasteiger charge is -2.24. The van der Waals surface area contributed by atoms with Crippen LogP contribution < -0.4 is 20.1 Å². The Morgan fingerprint density at radius 2 is 1.80 bits per heavy atom. The molecule has 0 radical (unpaired) electrons. The van der Waals surface area contributed by atoms with E-state index in [0.717, 1.165) is 24.1 Å². The number of ether oxygens (including phenoxy) is 2. The first-order chi connectivity index (χ1) is 14.5. The van der Waals surface area contributed by atoms with Gasteiger partial charge in [-0.25, -0.2) is 9.80 Å². The van der Waals surface area contributed by atoms with Gasteiger partial charge < -0.3 is 15.2 Å². The molecule has 0 unspecified atom stereocenters. The van der Waals surface area contributed by atoms with Gasteiger partial charge in [0.2, 0.25) is 0 Å². The molecule has 0 saturated heterocycles. The third kappa shape index (κ3) is 4.37. The van der Waals surface area contributed by atoms with E-state index in [1.165, 1.54) is 9.91 Å². The van der Waals surface area contributed by atoms with Gasteiger partial charge in [-0.1, -0.05) is 0 Å². The van der Waals surface area contributed by atoms with Crippen LogP contribution in [0.5, 0.6) is 11.5 Å². The van der Waals surface area contributed by atoms with Crippen molar-refractivity contribution in [2.24, 2.45) is 10.8 Å². The number of primary amides is 1. The molecule has 1 heterocycles. The summed E-state index contributed by atoms with van der Waals surface area (Å²) in [5, 5.41) is 6.06. The van der Waals surface area contributed by atoms with E-state index in [1.54, 1.807) is 38.5 Å². The average Bonchev–Trinajstić information content (AvgIpc) is 2.79. The van der Waals surface area contributed by atoms with E-state index in [-0.39, 0.29) is 5.91 Å². The first-order valence-electron chi connectivity index (χ1n) is 9.77. The zero-order valence-corrected chi connectivity index (χ0v) is 17.4. The molecule has 30 heavy (non-hydrogen) atoms. The number of urea groups is 1. The number of nitrogens with zero attached hydrogens (tertiary/aromatic N) is 3. The van der Waals surface area contributed by atoms with Crippen molar-refractivity contribution in [2.75, 3.05) is 32.2 Å². The Bertz CT molecular complexity index is 956. The van der Waals surface area contributed by atoms with E-state index >= 15 is 0 Å². The van der Waals surface area contributed by atoms with E-state index in [4.69, 9.17) is 15.2 Å². The Kier molecular flexibility index (Phi) is 6.56. The topological polar surface area (TPSA) is 97.5 Å².